The number of nitrogens with two attached hydrogens (primary N) is 1. The monoisotopic (exact) mass is 289 g/mol. The Labute approximate surface area is 125 Å². The third-order valence-corrected chi connectivity index (χ3v) is 3.38. The van der Waals surface area contributed by atoms with Crippen molar-refractivity contribution in [3.63, 3.8) is 0 Å². The van der Waals surface area contributed by atoms with E-state index in [-0.39, 0.29) is 0 Å². The summed E-state index contributed by atoms with van der Waals surface area (Å²) in [6.45, 7) is 6.74. The molecule has 2 rings (SSSR count). The average Bonchev–Trinajstić information content (AvgIpc) is 2.36. The van der Waals surface area contributed by atoms with Gasteiger partial charge >= 0.3 is 0 Å². The van der Waals surface area contributed by atoms with Crippen LogP contribution in [0.5, 0.6) is 0 Å². The second kappa shape index (κ2) is 6.73. The molecular weight excluding hydrogens is 270 g/mol. The predicted molar refractivity (Wildman–Crippen MR) is 84.6 cm³/mol. The number of aryl methyl sites for hydroxylation is 1. The maximum Gasteiger partial charge on any atom is 0.0547 e. The molecule has 106 valence electrons. The fraction of sp³-hybridized carbons (Fsp3) is 0.312. The first-order valence-corrected chi connectivity index (χ1v) is 7.14. The second-order valence-electron chi connectivity index (χ2n) is 4.97. The van der Waals surface area contributed by atoms with Crippen LogP contribution in [0.3, 0.4) is 0 Å². The Morgan fingerprint density at radius 3 is 2.65 bits per heavy atom. The standard InChI is InChI=1S/C16H20ClN3/c1-3-20(11-16-6-4-5-12(2)19-16)10-13-7-14(17)9-15(18)8-13/h4-9H,3,10-11,18H2,1-2H3. The van der Waals surface area contributed by atoms with Gasteiger partial charge in [0.2, 0.25) is 0 Å². The Morgan fingerprint density at radius 2 is 2.00 bits per heavy atom. The fourth-order valence-electron chi connectivity index (χ4n) is 2.22. The largest absolute Gasteiger partial charge is 0.399 e. The molecule has 0 aliphatic heterocycles. The van der Waals surface area contributed by atoms with Gasteiger partial charge in [0.1, 0.15) is 0 Å². The zero-order valence-electron chi connectivity index (χ0n) is 11.9. The van der Waals surface area contributed by atoms with Crippen LogP contribution in [-0.4, -0.2) is 16.4 Å². The smallest absolute Gasteiger partial charge is 0.0547 e. The van der Waals surface area contributed by atoms with Crippen molar-refractivity contribution in [3.05, 3.63) is 58.4 Å². The molecule has 1 aromatic carbocycles. The van der Waals surface area contributed by atoms with Gasteiger partial charge in [0.05, 0.1) is 5.69 Å². The van der Waals surface area contributed by atoms with Gasteiger partial charge < -0.3 is 5.73 Å². The lowest BCUT2D eigenvalue weighted by molar-refractivity contribution is 0.268. The van der Waals surface area contributed by atoms with E-state index in [1.165, 1.54) is 0 Å². The van der Waals surface area contributed by atoms with Gasteiger partial charge in [-0.2, -0.15) is 0 Å². The summed E-state index contributed by atoms with van der Waals surface area (Å²) in [7, 11) is 0. The number of nitrogen functional groups attached to an aromatic ring is 1. The van der Waals surface area contributed by atoms with Crippen LogP contribution < -0.4 is 5.73 Å². The van der Waals surface area contributed by atoms with E-state index in [1.54, 1.807) is 6.07 Å². The van der Waals surface area contributed by atoms with Gasteiger partial charge in [-0.25, -0.2) is 0 Å². The molecule has 0 saturated heterocycles. The van der Waals surface area contributed by atoms with Crippen molar-refractivity contribution in [2.24, 2.45) is 0 Å². The summed E-state index contributed by atoms with van der Waals surface area (Å²) in [4.78, 5) is 6.86. The molecule has 0 amide bonds. The van der Waals surface area contributed by atoms with Crippen molar-refractivity contribution in [1.29, 1.82) is 0 Å². The van der Waals surface area contributed by atoms with Crippen molar-refractivity contribution < 1.29 is 0 Å². The lowest BCUT2D eigenvalue weighted by atomic mass is 10.2. The number of aromatic nitrogens is 1. The summed E-state index contributed by atoms with van der Waals surface area (Å²) in [5, 5.41) is 0.685. The summed E-state index contributed by atoms with van der Waals surface area (Å²) < 4.78 is 0. The van der Waals surface area contributed by atoms with Crippen molar-refractivity contribution in [3.8, 4) is 0 Å². The zero-order valence-corrected chi connectivity index (χ0v) is 12.7. The Bertz CT molecular complexity index is 563. The van der Waals surface area contributed by atoms with E-state index in [2.05, 4.69) is 22.9 Å². The summed E-state index contributed by atoms with van der Waals surface area (Å²) in [6.07, 6.45) is 0. The van der Waals surface area contributed by atoms with Crippen molar-refractivity contribution in [2.75, 3.05) is 12.3 Å². The normalized spacial score (nSPS) is 11.0. The van der Waals surface area contributed by atoms with Crippen LogP contribution in [0.1, 0.15) is 23.9 Å². The van der Waals surface area contributed by atoms with Crippen LogP contribution in [0.4, 0.5) is 5.69 Å². The summed E-state index contributed by atoms with van der Waals surface area (Å²) in [5.74, 6) is 0. The molecule has 4 heteroatoms. The molecule has 0 aliphatic carbocycles. The molecule has 2 aromatic rings. The highest BCUT2D eigenvalue weighted by molar-refractivity contribution is 6.30. The molecule has 0 aliphatic rings. The van der Waals surface area contributed by atoms with Crippen LogP contribution in [0.25, 0.3) is 0 Å². The molecule has 20 heavy (non-hydrogen) atoms. The molecule has 0 radical (unpaired) electrons. The van der Waals surface area contributed by atoms with Crippen LogP contribution in [0, 0.1) is 6.92 Å². The van der Waals surface area contributed by atoms with Crippen LogP contribution in [-0.2, 0) is 13.1 Å². The Hall–Kier alpha value is -1.58. The van der Waals surface area contributed by atoms with Crippen molar-refractivity contribution in [2.45, 2.75) is 26.9 Å². The lowest BCUT2D eigenvalue weighted by Gasteiger charge is -2.20. The minimum absolute atomic E-state index is 0.685. The van der Waals surface area contributed by atoms with E-state index in [0.717, 1.165) is 36.6 Å². The van der Waals surface area contributed by atoms with Crippen molar-refractivity contribution >= 4 is 17.3 Å². The first kappa shape index (κ1) is 14.8. The minimum Gasteiger partial charge on any atom is -0.399 e. The molecule has 0 fully saturated rings. The van der Waals surface area contributed by atoms with Crippen LogP contribution in [0.2, 0.25) is 5.02 Å². The van der Waals surface area contributed by atoms with Gasteiger partial charge in [-0.15, -0.1) is 0 Å². The minimum atomic E-state index is 0.685. The van der Waals surface area contributed by atoms with Gasteiger partial charge in [0, 0.05) is 29.5 Å². The van der Waals surface area contributed by atoms with Gasteiger partial charge in [0.15, 0.2) is 0 Å². The van der Waals surface area contributed by atoms with Crippen LogP contribution in [0.15, 0.2) is 36.4 Å². The predicted octanol–water partition coefficient (Wildman–Crippen LogP) is 3.65. The van der Waals surface area contributed by atoms with E-state index in [0.29, 0.717) is 10.7 Å². The quantitative estimate of drug-likeness (QED) is 0.855. The molecule has 0 unspecified atom stereocenters. The van der Waals surface area contributed by atoms with E-state index in [9.17, 15) is 0 Å². The number of hydrogen-bond acceptors (Lipinski definition) is 3. The topological polar surface area (TPSA) is 42.1 Å². The Kier molecular flexibility index (Phi) is 4.99. The molecule has 1 aromatic heterocycles. The summed E-state index contributed by atoms with van der Waals surface area (Å²) >= 11 is 6.05. The fourth-order valence-corrected chi connectivity index (χ4v) is 2.49. The number of benzene rings is 1. The number of rotatable bonds is 5. The molecule has 3 nitrogen and oxygen atoms in total. The highest BCUT2D eigenvalue weighted by Gasteiger charge is 2.07. The highest BCUT2D eigenvalue weighted by atomic mass is 35.5. The van der Waals surface area contributed by atoms with E-state index in [1.807, 2.05) is 31.2 Å². The lowest BCUT2D eigenvalue weighted by Crippen LogP contribution is -2.23. The molecule has 0 saturated carbocycles. The van der Waals surface area contributed by atoms with E-state index < -0.39 is 0 Å². The van der Waals surface area contributed by atoms with E-state index in [4.69, 9.17) is 17.3 Å². The Morgan fingerprint density at radius 1 is 1.20 bits per heavy atom. The van der Waals surface area contributed by atoms with E-state index >= 15 is 0 Å². The summed E-state index contributed by atoms with van der Waals surface area (Å²) in [5.41, 5.74) is 9.80. The van der Waals surface area contributed by atoms with Gasteiger partial charge in [-0.1, -0.05) is 24.6 Å². The number of pyridine rings is 1. The number of anilines is 1. The Balaban J connectivity index is 2.09. The number of hydrogen-bond donors (Lipinski definition) is 1. The molecular formula is C16H20ClN3. The molecule has 0 spiro atoms. The van der Waals surface area contributed by atoms with Gasteiger partial charge in [-0.3, -0.25) is 9.88 Å². The summed E-state index contributed by atoms with van der Waals surface area (Å²) in [6, 6.07) is 11.8. The third kappa shape index (κ3) is 4.22. The first-order chi connectivity index (χ1) is 9.56. The van der Waals surface area contributed by atoms with Gasteiger partial charge in [-0.05, 0) is 49.4 Å². The van der Waals surface area contributed by atoms with Crippen LogP contribution >= 0.6 is 11.6 Å². The maximum atomic E-state index is 6.05. The average molecular weight is 290 g/mol. The molecule has 1 heterocycles. The zero-order chi connectivity index (χ0) is 14.5. The number of halogens is 1. The second-order valence-corrected chi connectivity index (χ2v) is 5.40. The SMILES string of the molecule is CCN(Cc1cc(N)cc(Cl)c1)Cc1cccc(C)n1. The van der Waals surface area contributed by atoms with Crippen molar-refractivity contribution in [1.82, 2.24) is 9.88 Å². The third-order valence-electron chi connectivity index (χ3n) is 3.16. The first-order valence-electron chi connectivity index (χ1n) is 6.76. The molecule has 0 atom stereocenters. The molecule has 2 N–H and O–H groups in total. The number of nitrogens with zero attached hydrogens (tertiary/aromatic N) is 2. The molecule has 0 bridgehead atoms. The highest BCUT2D eigenvalue weighted by Crippen LogP contribution is 2.18. The maximum absolute atomic E-state index is 6.05. The van der Waals surface area contributed by atoms with Gasteiger partial charge in [0.25, 0.3) is 0 Å².